The number of nitrogens with zero attached hydrogens (tertiary/aromatic N) is 4. The number of carboxylic acid groups (broad SMARTS) is 1. The number of Topliss-reactive ketones (excluding diaryl/α,β-unsaturated/α-hetero) is 1. The Bertz CT molecular complexity index is 1710. The number of aliphatic hydroxyl groups excluding tert-OH is 1. The summed E-state index contributed by atoms with van der Waals surface area (Å²) < 4.78 is 34.2. The van der Waals surface area contributed by atoms with E-state index in [0.717, 1.165) is 29.3 Å². The Kier molecular flexibility index (Phi) is 6.08. The summed E-state index contributed by atoms with van der Waals surface area (Å²) in [6, 6.07) is 9.32. The third-order valence-corrected chi connectivity index (χ3v) is 10.8. The zero-order valence-electron chi connectivity index (χ0n) is 22.8. The quantitative estimate of drug-likeness (QED) is 0.422. The molecule has 10 nitrogen and oxygen atoms in total. The SMILES string of the molecule is C[C@@H](O)[C@H]1C(=O)C2C(C(=O)[O-])=C(CN3c4cccc5c(CCn6cc[n+](C)c6)ccc(c45)N(C)S3(=O)=O)[C@H](C)[C@@H]21. The number of anilines is 2. The van der Waals surface area contributed by atoms with Gasteiger partial charge in [-0.2, -0.15) is 8.42 Å². The first-order chi connectivity index (χ1) is 18.9. The molecule has 2 heterocycles. The first kappa shape index (κ1) is 26.5. The average molecular weight is 565 g/mol. The maximum atomic E-state index is 13.9. The molecule has 3 aromatic rings. The van der Waals surface area contributed by atoms with Gasteiger partial charge in [-0.05, 0) is 53.0 Å². The van der Waals surface area contributed by atoms with Gasteiger partial charge >= 0.3 is 10.2 Å². The molecule has 1 saturated carbocycles. The van der Waals surface area contributed by atoms with Crippen molar-refractivity contribution in [2.24, 2.45) is 30.7 Å². The Morgan fingerprint density at radius 1 is 1.20 bits per heavy atom. The first-order valence-electron chi connectivity index (χ1n) is 13.4. The molecule has 1 fully saturated rings. The highest BCUT2D eigenvalue weighted by Crippen LogP contribution is 2.56. The second-order valence-electron chi connectivity index (χ2n) is 11.2. The van der Waals surface area contributed by atoms with Crippen LogP contribution in [0.5, 0.6) is 0 Å². The molecule has 2 aromatic carbocycles. The minimum Gasteiger partial charge on any atom is -0.545 e. The summed E-state index contributed by atoms with van der Waals surface area (Å²) in [4.78, 5) is 25.1. The Morgan fingerprint density at radius 2 is 1.95 bits per heavy atom. The van der Waals surface area contributed by atoms with Crippen molar-refractivity contribution in [3.8, 4) is 0 Å². The number of hydrogen-bond donors (Lipinski definition) is 1. The maximum Gasteiger partial charge on any atom is 0.326 e. The first-order valence-corrected chi connectivity index (χ1v) is 14.8. The molecule has 0 saturated heterocycles. The molecule has 11 heteroatoms. The predicted molar refractivity (Wildman–Crippen MR) is 146 cm³/mol. The van der Waals surface area contributed by atoms with Crippen LogP contribution in [0, 0.1) is 23.7 Å². The fraction of sp³-hybridized carbons (Fsp3) is 0.414. The number of aromatic nitrogens is 2. The van der Waals surface area contributed by atoms with E-state index in [-0.39, 0.29) is 17.9 Å². The molecule has 0 spiro atoms. The van der Waals surface area contributed by atoms with Crippen LogP contribution in [0.2, 0.25) is 0 Å². The van der Waals surface area contributed by atoms with E-state index in [1.165, 1.54) is 22.6 Å². The molecular weight excluding hydrogens is 532 g/mol. The van der Waals surface area contributed by atoms with Gasteiger partial charge in [-0.3, -0.25) is 9.10 Å². The largest absolute Gasteiger partial charge is 0.545 e. The lowest BCUT2D eigenvalue weighted by Gasteiger charge is -2.44. The monoisotopic (exact) mass is 564 g/mol. The van der Waals surface area contributed by atoms with E-state index in [4.69, 9.17) is 0 Å². The van der Waals surface area contributed by atoms with E-state index in [0.29, 0.717) is 16.9 Å². The van der Waals surface area contributed by atoms with Gasteiger partial charge in [0.15, 0.2) is 0 Å². The van der Waals surface area contributed by atoms with Crippen LogP contribution < -0.4 is 18.3 Å². The third-order valence-electron chi connectivity index (χ3n) is 9.05. The summed E-state index contributed by atoms with van der Waals surface area (Å²) in [5.74, 6) is -4.16. The standard InChI is InChI=1S/C29H32N4O6S/c1-16-20(26(29(36)37)27-23(16)24(17(2)34)28(27)35)14-33-22-7-5-6-19-18(10-11-32-13-12-30(3)15-32)8-9-21(25(19)22)31(4)40(33,38)39/h5-9,12-13,15-17,23-24,27,34H,10-11,14H2,1-4H3/t16-,17+,23+,24+,27?/m0/s1. The van der Waals surface area contributed by atoms with E-state index in [1.54, 1.807) is 13.0 Å². The number of imidazole rings is 1. The van der Waals surface area contributed by atoms with Gasteiger partial charge in [-0.1, -0.05) is 25.1 Å². The van der Waals surface area contributed by atoms with Crippen LogP contribution in [0.1, 0.15) is 19.4 Å². The van der Waals surface area contributed by atoms with E-state index in [9.17, 15) is 28.2 Å². The molecular formula is C29H32N4O6S. The van der Waals surface area contributed by atoms with Gasteiger partial charge < -0.3 is 15.0 Å². The number of aliphatic carboxylic acids is 1. The number of benzene rings is 2. The fourth-order valence-corrected chi connectivity index (χ4v) is 8.45. The van der Waals surface area contributed by atoms with Crippen molar-refractivity contribution >= 4 is 44.1 Å². The molecule has 5 atom stereocenters. The van der Waals surface area contributed by atoms with Crippen molar-refractivity contribution in [3.05, 3.63) is 65.8 Å². The number of rotatable bonds is 7. The van der Waals surface area contributed by atoms with Gasteiger partial charge in [-0.15, -0.1) is 0 Å². The molecule has 0 amide bonds. The normalized spacial score (nSPS) is 25.8. The number of aryl methyl sites for hydroxylation is 3. The minimum atomic E-state index is -4.07. The zero-order chi connectivity index (χ0) is 28.7. The summed E-state index contributed by atoms with van der Waals surface area (Å²) in [6.45, 7) is 3.86. The lowest BCUT2D eigenvalue weighted by molar-refractivity contribution is -0.671. The smallest absolute Gasteiger partial charge is 0.326 e. The number of ketones is 1. The predicted octanol–water partition coefficient (Wildman–Crippen LogP) is 0.718. The van der Waals surface area contributed by atoms with E-state index in [1.807, 2.05) is 54.6 Å². The molecule has 1 N–H and O–H groups in total. The highest BCUT2D eigenvalue weighted by atomic mass is 32.2. The highest BCUT2D eigenvalue weighted by Gasteiger charge is 2.60. The summed E-state index contributed by atoms with van der Waals surface area (Å²) in [7, 11) is -0.611. The molecule has 1 aromatic heterocycles. The number of aliphatic hydroxyl groups is 1. The van der Waals surface area contributed by atoms with Crippen molar-refractivity contribution in [3.63, 3.8) is 0 Å². The number of hydrogen-bond acceptors (Lipinski definition) is 6. The topological polar surface area (TPSA) is 127 Å². The van der Waals surface area contributed by atoms with Crippen LogP contribution >= 0.6 is 0 Å². The summed E-state index contributed by atoms with van der Waals surface area (Å²) >= 11 is 0. The number of carbonyl (C=O) groups is 2. The van der Waals surface area contributed by atoms with Gasteiger partial charge in [0, 0.05) is 30.7 Å². The maximum absolute atomic E-state index is 13.9. The van der Waals surface area contributed by atoms with Crippen molar-refractivity contribution in [2.75, 3.05) is 22.2 Å². The van der Waals surface area contributed by atoms with Crippen LogP contribution in [0.4, 0.5) is 11.4 Å². The lowest BCUT2D eigenvalue weighted by atomic mass is 9.59. The number of carboxylic acids is 1. The van der Waals surface area contributed by atoms with Crippen molar-refractivity contribution in [2.45, 2.75) is 32.9 Å². The van der Waals surface area contributed by atoms with Crippen LogP contribution in [0.15, 0.2) is 60.2 Å². The second kappa shape index (κ2) is 9.17. The highest BCUT2D eigenvalue weighted by molar-refractivity contribution is 7.94. The second-order valence-corrected chi connectivity index (χ2v) is 13.1. The number of fused-ring (bicyclic) bond motifs is 1. The van der Waals surface area contributed by atoms with Crippen LogP contribution in [0.25, 0.3) is 10.8 Å². The van der Waals surface area contributed by atoms with E-state index >= 15 is 0 Å². The molecule has 0 radical (unpaired) electrons. The van der Waals surface area contributed by atoms with Crippen LogP contribution in [-0.2, 0) is 39.8 Å². The van der Waals surface area contributed by atoms with Gasteiger partial charge in [0.05, 0.1) is 43.6 Å². The Labute approximate surface area is 232 Å². The van der Waals surface area contributed by atoms with Crippen molar-refractivity contribution in [1.82, 2.24) is 4.57 Å². The van der Waals surface area contributed by atoms with E-state index in [2.05, 4.69) is 4.57 Å². The molecule has 3 aliphatic rings. The van der Waals surface area contributed by atoms with E-state index < -0.39 is 46.0 Å². The van der Waals surface area contributed by atoms with Gasteiger partial charge in [0.1, 0.15) is 18.2 Å². The third kappa shape index (κ3) is 3.71. The van der Waals surface area contributed by atoms with Gasteiger partial charge in [0.25, 0.3) is 0 Å². The summed E-state index contributed by atoms with van der Waals surface area (Å²) in [5, 5.41) is 24.2. The Balaban J connectivity index is 1.43. The summed E-state index contributed by atoms with van der Waals surface area (Å²) in [6.07, 6.45) is 5.78. The van der Waals surface area contributed by atoms with Crippen molar-refractivity contribution < 1.29 is 32.8 Å². The number of carbonyl (C=O) groups excluding carboxylic acids is 2. The molecule has 40 heavy (non-hydrogen) atoms. The van der Waals surface area contributed by atoms with Crippen LogP contribution in [-0.4, -0.2) is 49.5 Å². The lowest BCUT2D eigenvalue weighted by Crippen LogP contribution is -2.54. The molecule has 1 unspecified atom stereocenters. The van der Waals surface area contributed by atoms with Gasteiger partial charge in [-0.25, -0.2) is 13.4 Å². The molecule has 6 rings (SSSR count). The fourth-order valence-electron chi connectivity index (χ4n) is 7.05. The van der Waals surface area contributed by atoms with Crippen molar-refractivity contribution in [1.29, 1.82) is 0 Å². The molecule has 210 valence electrons. The Hall–Kier alpha value is -3.70. The van der Waals surface area contributed by atoms with Crippen LogP contribution in [0.3, 0.4) is 0 Å². The van der Waals surface area contributed by atoms with Gasteiger partial charge in [0.2, 0.25) is 6.33 Å². The molecule has 1 aliphatic heterocycles. The zero-order valence-corrected chi connectivity index (χ0v) is 23.6. The minimum absolute atomic E-state index is 0.135. The molecule has 0 bridgehead atoms. The molecule has 2 aliphatic carbocycles. The summed E-state index contributed by atoms with van der Waals surface area (Å²) in [5.41, 5.74) is 2.31. The average Bonchev–Trinajstić information content (AvgIpc) is 3.42. The Morgan fingerprint density at radius 3 is 2.60 bits per heavy atom.